The largest absolute Gasteiger partial charge is 1.00 e. The zero-order valence-corrected chi connectivity index (χ0v) is 12.5. The van der Waals surface area contributed by atoms with Crippen LogP contribution in [0.15, 0.2) is 48.7 Å². The van der Waals surface area contributed by atoms with E-state index in [-0.39, 0.29) is 23.6 Å². The van der Waals surface area contributed by atoms with E-state index in [1.165, 1.54) is 5.56 Å². The lowest BCUT2D eigenvalue weighted by molar-refractivity contribution is -0.697. The Morgan fingerprint density at radius 1 is 1.11 bits per heavy atom. The van der Waals surface area contributed by atoms with E-state index in [9.17, 15) is 5.11 Å². The first kappa shape index (κ1) is 15.7. The smallest absolute Gasteiger partial charge is 0.211 e. The maximum absolute atomic E-state index is 9.36. The van der Waals surface area contributed by atoms with E-state index in [4.69, 9.17) is 4.74 Å². The summed E-state index contributed by atoms with van der Waals surface area (Å²) in [6.07, 6.45) is 1.93. The van der Waals surface area contributed by atoms with Gasteiger partial charge >= 0.3 is 0 Å². The number of aliphatic hydroxyl groups is 1. The van der Waals surface area contributed by atoms with Gasteiger partial charge in [0.1, 0.15) is 6.61 Å². The second-order valence-corrected chi connectivity index (χ2v) is 4.06. The van der Waals surface area contributed by atoms with Gasteiger partial charge in [-0.2, -0.15) is 4.57 Å². The topological polar surface area (TPSA) is 33.3 Å². The first-order chi connectivity index (χ1) is 8.83. The highest BCUT2D eigenvalue weighted by molar-refractivity contribution is 5.17. The van der Waals surface area contributed by atoms with Crippen molar-refractivity contribution in [2.45, 2.75) is 20.1 Å². The molecule has 1 heterocycles. The Balaban J connectivity index is 0.00000180. The van der Waals surface area contributed by atoms with Crippen LogP contribution in [0.2, 0.25) is 0 Å². The molecule has 0 spiro atoms. The van der Waals surface area contributed by atoms with Gasteiger partial charge in [0, 0.05) is 11.6 Å². The van der Waals surface area contributed by atoms with Crippen molar-refractivity contribution >= 4 is 0 Å². The molecule has 19 heavy (non-hydrogen) atoms. The normalized spacial score (nSPS) is 9.79. The minimum Gasteiger partial charge on any atom is -1.00 e. The number of hydrogen-bond acceptors (Lipinski definition) is 2. The Morgan fingerprint density at radius 2 is 1.84 bits per heavy atom. The number of aliphatic hydroxyl groups excluding tert-OH is 1. The minimum absolute atomic E-state index is 0. The zero-order chi connectivity index (χ0) is 12.8. The molecule has 1 aromatic heterocycles. The van der Waals surface area contributed by atoms with Crippen LogP contribution >= 0.6 is 0 Å². The summed E-state index contributed by atoms with van der Waals surface area (Å²) in [5.41, 5.74) is 2.08. The van der Waals surface area contributed by atoms with Gasteiger partial charge in [0.2, 0.25) is 11.9 Å². The molecular formula is C15H18BrNO2. The Kier molecular flexibility index (Phi) is 6.53. The number of nitrogens with zero attached hydrogens (tertiary/aromatic N) is 1. The average molecular weight is 324 g/mol. The predicted octanol–water partition coefficient (Wildman–Crippen LogP) is -1.08. The van der Waals surface area contributed by atoms with Crippen molar-refractivity contribution < 1.29 is 31.4 Å². The predicted molar refractivity (Wildman–Crippen MR) is 69.3 cm³/mol. The Bertz CT molecular complexity index is 503. The van der Waals surface area contributed by atoms with Crippen molar-refractivity contribution in [3.05, 3.63) is 59.9 Å². The van der Waals surface area contributed by atoms with Gasteiger partial charge < -0.3 is 26.8 Å². The van der Waals surface area contributed by atoms with E-state index in [2.05, 4.69) is 12.1 Å². The molecule has 0 saturated carbocycles. The fraction of sp³-hybridized carbons (Fsp3) is 0.267. The van der Waals surface area contributed by atoms with Crippen LogP contribution in [0.5, 0.6) is 5.75 Å². The van der Waals surface area contributed by atoms with Gasteiger partial charge in [0.15, 0.2) is 12.3 Å². The lowest BCUT2D eigenvalue weighted by Gasteiger charge is -2.05. The van der Waals surface area contributed by atoms with E-state index < -0.39 is 0 Å². The Labute approximate surface area is 124 Å². The second-order valence-electron chi connectivity index (χ2n) is 4.06. The molecule has 0 aliphatic heterocycles. The molecule has 2 aromatic rings. The molecule has 0 aliphatic rings. The second kappa shape index (κ2) is 7.92. The molecule has 0 atom stereocenters. The van der Waals surface area contributed by atoms with Crippen LogP contribution in [-0.4, -0.2) is 11.7 Å². The van der Waals surface area contributed by atoms with E-state index in [0.29, 0.717) is 6.61 Å². The van der Waals surface area contributed by atoms with Gasteiger partial charge in [0.05, 0.1) is 6.61 Å². The van der Waals surface area contributed by atoms with Crippen molar-refractivity contribution in [1.29, 1.82) is 0 Å². The summed E-state index contributed by atoms with van der Waals surface area (Å²) in [6.45, 7) is 3.36. The lowest BCUT2D eigenvalue weighted by atomic mass is 10.2. The monoisotopic (exact) mass is 323 g/mol. The Morgan fingerprint density at radius 3 is 2.47 bits per heavy atom. The van der Waals surface area contributed by atoms with E-state index in [1.807, 2.05) is 48.0 Å². The van der Waals surface area contributed by atoms with E-state index in [1.54, 1.807) is 0 Å². The molecule has 3 nitrogen and oxygen atoms in total. The highest BCUT2D eigenvalue weighted by Gasteiger charge is 2.12. The average Bonchev–Trinajstić information content (AvgIpc) is 2.41. The fourth-order valence-corrected chi connectivity index (χ4v) is 1.88. The van der Waals surface area contributed by atoms with Crippen molar-refractivity contribution in [1.82, 2.24) is 0 Å². The number of hydrogen-bond donors (Lipinski definition) is 1. The zero-order valence-electron chi connectivity index (χ0n) is 10.9. The summed E-state index contributed by atoms with van der Waals surface area (Å²) < 4.78 is 7.50. The van der Waals surface area contributed by atoms with Gasteiger partial charge in [-0.3, -0.25) is 0 Å². The fourth-order valence-electron chi connectivity index (χ4n) is 1.88. The summed E-state index contributed by atoms with van der Waals surface area (Å²) in [5.74, 6) is 0.825. The van der Waals surface area contributed by atoms with Crippen molar-refractivity contribution in [3.8, 4) is 5.75 Å². The number of aromatic nitrogens is 1. The van der Waals surface area contributed by atoms with Crippen LogP contribution in [0, 0.1) is 0 Å². The molecule has 4 heteroatoms. The molecular weight excluding hydrogens is 306 g/mol. The summed E-state index contributed by atoms with van der Waals surface area (Å²) in [7, 11) is 0. The van der Waals surface area contributed by atoms with Crippen molar-refractivity contribution in [2.24, 2.45) is 0 Å². The first-order valence-electron chi connectivity index (χ1n) is 6.13. The SMILES string of the molecule is CCOc1ccc(CO)[n+](Cc2ccccc2)c1.[Br-]. The number of pyridine rings is 1. The van der Waals surface area contributed by atoms with Crippen molar-refractivity contribution in [2.75, 3.05) is 6.61 Å². The standard InChI is InChI=1S/C15H18NO2.BrH/c1-2-18-15-9-8-14(12-17)16(11-15)10-13-6-4-3-5-7-13;/h3-9,11,17H,2,10,12H2,1H3;1H/q+1;/p-1. The van der Waals surface area contributed by atoms with Crippen LogP contribution in [0.3, 0.4) is 0 Å². The highest BCUT2D eigenvalue weighted by atomic mass is 79.9. The molecule has 0 amide bonds. The molecule has 0 saturated heterocycles. The van der Waals surface area contributed by atoms with Crippen LogP contribution in [0.25, 0.3) is 0 Å². The minimum atomic E-state index is 0. The molecule has 2 rings (SSSR count). The molecule has 1 aromatic carbocycles. The van der Waals surface area contributed by atoms with E-state index in [0.717, 1.165) is 18.0 Å². The van der Waals surface area contributed by atoms with Crippen LogP contribution < -0.4 is 26.3 Å². The number of ether oxygens (including phenoxy) is 1. The van der Waals surface area contributed by atoms with Crippen LogP contribution in [0.1, 0.15) is 18.2 Å². The summed E-state index contributed by atoms with van der Waals surface area (Å²) in [4.78, 5) is 0. The number of benzene rings is 1. The van der Waals surface area contributed by atoms with Gasteiger partial charge in [-0.1, -0.05) is 30.3 Å². The molecule has 0 bridgehead atoms. The Hall–Kier alpha value is -1.39. The number of halogens is 1. The lowest BCUT2D eigenvalue weighted by Crippen LogP contribution is -3.00. The first-order valence-corrected chi connectivity index (χ1v) is 6.13. The third kappa shape index (κ3) is 4.33. The third-order valence-corrected chi connectivity index (χ3v) is 2.76. The maximum atomic E-state index is 9.36. The summed E-state index contributed by atoms with van der Waals surface area (Å²) >= 11 is 0. The quantitative estimate of drug-likeness (QED) is 0.710. The van der Waals surface area contributed by atoms with E-state index >= 15 is 0 Å². The molecule has 1 N–H and O–H groups in total. The summed E-state index contributed by atoms with van der Waals surface area (Å²) in [6, 6.07) is 14.0. The van der Waals surface area contributed by atoms with Gasteiger partial charge in [-0.25, -0.2) is 0 Å². The van der Waals surface area contributed by atoms with Crippen molar-refractivity contribution in [3.63, 3.8) is 0 Å². The highest BCUT2D eigenvalue weighted by Crippen LogP contribution is 2.09. The molecule has 0 radical (unpaired) electrons. The molecule has 0 aliphatic carbocycles. The summed E-state index contributed by atoms with van der Waals surface area (Å²) in [5, 5.41) is 9.36. The van der Waals surface area contributed by atoms with Gasteiger partial charge in [-0.15, -0.1) is 0 Å². The van der Waals surface area contributed by atoms with Gasteiger partial charge in [-0.05, 0) is 13.0 Å². The molecule has 102 valence electrons. The molecule has 0 fully saturated rings. The van der Waals surface area contributed by atoms with Gasteiger partial charge in [0.25, 0.3) is 0 Å². The maximum Gasteiger partial charge on any atom is 0.211 e. The number of rotatable bonds is 5. The van der Waals surface area contributed by atoms with Crippen LogP contribution in [-0.2, 0) is 13.2 Å². The molecule has 0 unspecified atom stereocenters. The van der Waals surface area contributed by atoms with Crippen LogP contribution in [0.4, 0.5) is 0 Å². The third-order valence-electron chi connectivity index (χ3n) is 2.76.